The van der Waals surface area contributed by atoms with Crippen molar-refractivity contribution >= 4 is 6.09 Å². The van der Waals surface area contributed by atoms with Crippen molar-refractivity contribution in [3.8, 4) is 0 Å². The fraction of sp³-hybridized carbons (Fsp3) is 0.714. The van der Waals surface area contributed by atoms with E-state index in [1.54, 1.807) is 4.90 Å². The van der Waals surface area contributed by atoms with Gasteiger partial charge in [-0.3, -0.25) is 9.58 Å². The zero-order valence-corrected chi connectivity index (χ0v) is 12.6. The number of rotatable bonds is 0. The van der Waals surface area contributed by atoms with Crippen LogP contribution in [0.2, 0.25) is 0 Å². The molecule has 106 valence electrons. The molecule has 2 heterocycles. The number of hydrogen-bond donors (Lipinski definition) is 0. The molecule has 0 saturated heterocycles. The van der Waals surface area contributed by atoms with Crippen LogP contribution in [0.1, 0.15) is 50.7 Å². The largest absolute Gasteiger partial charge is 0.444 e. The molecule has 19 heavy (non-hydrogen) atoms. The van der Waals surface area contributed by atoms with E-state index in [9.17, 15) is 4.79 Å². The molecule has 0 bridgehead atoms. The summed E-state index contributed by atoms with van der Waals surface area (Å²) in [5.74, 6) is 0. The van der Waals surface area contributed by atoms with Crippen molar-refractivity contribution < 1.29 is 9.53 Å². The third-order valence-corrected chi connectivity index (χ3v) is 3.58. The number of ether oxygens (including phenoxy) is 1. The maximum absolute atomic E-state index is 12.2. The molecule has 5 nitrogen and oxygen atoms in total. The fourth-order valence-electron chi connectivity index (χ4n) is 2.47. The van der Waals surface area contributed by atoms with Gasteiger partial charge < -0.3 is 4.74 Å². The third-order valence-electron chi connectivity index (χ3n) is 3.58. The summed E-state index contributed by atoms with van der Waals surface area (Å²) in [6.07, 6.45) is 0.590. The first-order valence-electron chi connectivity index (χ1n) is 6.72. The van der Waals surface area contributed by atoms with Crippen LogP contribution in [-0.2, 0) is 18.2 Å². The van der Waals surface area contributed by atoms with Gasteiger partial charge >= 0.3 is 6.09 Å². The van der Waals surface area contributed by atoms with Gasteiger partial charge in [0.2, 0.25) is 0 Å². The average molecular weight is 265 g/mol. The normalized spacial score (nSPS) is 19.3. The van der Waals surface area contributed by atoms with Gasteiger partial charge in [0.25, 0.3) is 0 Å². The molecule has 0 aromatic carbocycles. The van der Waals surface area contributed by atoms with Crippen molar-refractivity contribution in [3.63, 3.8) is 0 Å². The van der Waals surface area contributed by atoms with Crippen molar-refractivity contribution in [2.45, 2.75) is 52.7 Å². The number of nitrogens with zero attached hydrogens (tertiary/aromatic N) is 3. The summed E-state index contributed by atoms with van der Waals surface area (Å²) in [5, 5.41) is 4.53. The summed E-state index contributed by atoms with van der Waals surface area (Å²) in [7, 11) is 1.94. The molecule has 2 rings (SSSR count). The van der Waals surface area contributed by atoms with Gasteiger partial charge in [0.1, 0.15) is 5.60 Å². The van der Waals surface area contributed by atoms with Crippen molar-refractivity contribution in [1.82, 2.24) is 14.7 Å². The Kier molecular flexibility index (Phi) is 3.32. The number of aryl methyl sites for hydroxylation is 1. The molecule has 0 aliphatic carbocycles. The third kappa shape index (κ3) is 2.60. The Bertz CT molecular complexity index is 500. The summed E-state index contributed by atoms with van der Waals surface area (Å²) >= 11 is 0. The Morgan fingerprint density at radius 3 is 2.63 bits per heavy atom. The van der Waals surface area contributed by atoms with Crippen LogP contribution in [0.4, 0.5) is 4.79 Å². The number of carbonyl (C=O) groups excluding carboxylic acids is 1. The van der Waals surface area contributed by atoms with Crippen molar-refractivity contribution in [1.29, 1.82) is 0 Å². The van der Waals surface area contributed by atoms with Gasteiger partial charge in [0.05, 0.1) is 11.7 Å². The van der Waals surface area contributed by atoms with Gasteiger partial charge in [0.15, 0.2) is 0 Å². The van der Waals surface area contributed by atoms with E-state index in [4.69, 9.17) is 4.74 Å². The predicted molar refractivity (Wildman–Crippen MR) is 73.0 cm³/mol. The Balaban J connectivity index is 2.22. The highest BCUT2D eigenvalue weighted by molar-refractivity contribution is 5.69. The summed E-state index contributed by atoms with van der Waals surface area (Å²) in [5.41, 5.74) is 2.99. The van der Waals surface area contributed by atoms with Crippen LogP contribution in [-0.4, -0.2) is 32.9 Å². The molecule has 1 atom stereocenters. The summed E-state index contributed by atoms with van der Waals surface area (Å²) in [6.45, 7) is 10.4. The maximum Gasteiger partial charge on any atom is 0.410 e. The van der Waals surface area contributed by atoms with Crippen LogP contribution in [0.5, 0.6) is 0 Å². The highest BCUT2D eigenvalue weighted by Crippen LogP contribution is 2.31. The Morgan fingerprint density at radius 1 is 1.42 bits per heavy atom. The maximum atomic E-state index is 12.2. The summed E-state index contributed by atoms with van der Waals surface area (Å²) in [6, 6.07) is -0.0292. The van der Waals surface area contributed by atoms with Gasteiger partial charge in [-0.15, -0.1) is 0 Å². The minimum absolute atomic E-state index is 0.0292. The van der Waals surface area contributed by atoms with Crippen LogP contribution >= 0.6 is 0 Å². The van der Waals surface area contributed by atoms with Gasteiger partial charge in [-0.25, -0.2) is 4.79 Å². The minimum Gasteiger partial charge on any atom is -0.444 e. The predicted octanol–water partition coefficient (Wildman–Crippen LogP) is 2.58. The molecule has 0 saturated carbocycles. The van der Waals surface area contributed by atoms with Gasteiger partial charge in [-0.2, -0.15) is 5.10 Å². The van der Waals surface area contributed by atoms with Crippen LogP contribution in [0.15, 0.2) is 0 Å². The van der Waals surface area contributed by atoms with Crippen LogP contribution in [0, 0.1) is 6.92 Å². The molecule has 0 N–H and O–H groups in total. The number of amides is 1. The number of aromatic nitrogens is 2. The van der Waals surface area contributed by atoms with E-state index < -0.39 is 5.60 Å². The van der Waals surface area contributed by atoms with E-state index in [0.717, 1.165) is 12.1 Å². The first-order valence-corrected chi connectivity index (χ1v) is 6.72. The molecular weight excluding hydrogens is 242 g/mol. The number of fused-ring (bicyclic) bond motifs is 1. The molecule has 1 aliphatic rings. The Morgan fingerprint density at radius 2 is 2.05 bits per heavy atom. The monoisotopic (exact) mass is 265 g/mol. The molecule has 1 aromatic rings. The molecule has 0 spiro atoms. The van der Waals surface area contributed by atoms with E-state index in [1.807, 2.05) is 39.4 Å². The second kappa shape index (κ2) is 4.54. The van der Waals surface area contributed by atoms with E-state index >= 15 is 0 Å². The number of carbonyl (C=O) groups is 1. The Labute approximate surface area is 114 Å². The second-order valence-electron chi connectivity index (χ2n) is 6.17. The van der Waals surface area contributed by atoms with Crippen LogP contribution in [0.25, 0.3) is 0 Å². The second-order valence-corrected chi connectivity index (χ2v) is 6.17. The SMILES string of the molecule is Cc1c2c(nn1C)[C@H](C)N(C(=O)OC(C)(C)C)CC2. The molecule has 5 heteroatoms. The smallest absolute Gasteiger partial charge is 0.410 e. The topological polar surface area (TPSA) is 47.4 Å². The highest BCUT2D eigenvalue weighted by Gasteiger charge is 2.33. The molecular formula is C14H23N3O2. The fourth-order valence-corrected chi connectivity index (χ4v) is 2.47. The molecule has 1 amide bonds. The van der Waals surface area contributed by atoms with Crippen LogP contribution < -0.4 is 0 Å². The van der Waals surface area contributed by atoms with E-state index in [1.165, 1.54) is 11.3 Å². The van der Waals surface area contributed by atoms with Crippen molar-refractivity contribution in [2.24, 2.45) is 7.05 Å². The van der Waals surface area contributed by atoms with Crippen molar-refractivity contribution in [3.05, 3.63) is 17.0 Å². The molecule has 1 aliphatic heterocycles. The first kappa shape index (κ1) is 13.9. The molecule has 0 fully saturated rings. The van der Waals surface area contributed by atoms with Gasteiger partial charge in [-0.1, -0.05) is 0 Å². The minimum atomic E-state index is -0.461. The zero-order chi connectivity index (χ0) is 14.4. The lowest BCUT2D eigenvalue weighted by Crippen LogP contribution is -2.42. The summed E-state index contributed by atoms with van der Waals surface area (Å²) in [4.78, 5) is 14.0. The van der Waals surface area contributed by atoms with Gasteiger partial charge in [-0.05, 0) is 41.0 Å². The summed E-state index contributed by atoms with van der Waals surface area (Å²) < 4.78 is 7.34. The average Bonchev–Trinajstić information content (AvgIpc) is 2.55. The highest BCUT2D eigenvalue weighted by atomic mass is 16.6. The van der Waals surface area contributed by atoms with E-state index in [-0.39, 0.29) is 12.1 Å². The quantitative estimate of drug-likeness (QED) is 0.724. The Hall–Kier alpha value is -1.52. The van der Waals surface area contributed by atoms with Crippen LogP contribution in [0.3, 0.4) is 0 Å². The van der Waals surface area contributed by atoms with Gasteiger partial charge in [0, 0.05) is 24.8 Å². The van der Waals surface area contributed by atoms with E-state index in [2.05, 4.69) is 12.0 Å². The zero-order valence-electron chi connectivity index (χ0n) is 12.6. The first-order chi connectivity index (χ1) is 8.70. The molecule has 1 aromatic heterocycles. The number of hydrogen-bond acceptors (Lipinski definition) is 3. The lowest BCUT2D eigenvalue weighted by Gasteiger charge is -2.34. The molecule has 0 unspecified atom stereocenters. The molecule has 0 radical (unpaired) electrons. The van der Waals surface area contributed by atoms with Crippen molar-refractivity contribution in [2.75, 3.05) is 6.54 Å². The standard InChI is InChI=1S/C14H23N3O2/c1-9-11-7-8-17(13(18)19-14(3,4)5)10(2)12(11)15-16(9)6/h10H,7-8H2,1-6H3/t10-/m0/s1. The lowest BCUT2D eigenvalue weighted by molar-refractivity contribution is 0.0155. The lowest BCUT2D eigenvalue weighted by atomic mass is 9.99. The van der Waals surface area contributed by atoms with E-state index in [0.29, 0.717) is 6.54 Å².